The van der Waals surface area contributed by atoms with Crippen LogP contribution in [0.25, 0.3) is 0 Å². The Morgan fingerprint density at radius 1 is 1.30 bits per heavy atom. The average Bonchev–Trinajstić information content (AvgIpc) is 2.42. The summed E-state index contributed by atoms with van der Waals surface area (Å²) in [7, 11) is 0. The molecule has 0 aliphatic carbocycles. The highest BCUT2D eigenvalue weighted by Crippen LogP contribution is 2.19. The van der Waals surface area contributed by atoms with Crippen LogP contribution < -0.4 is 5.43 Å². The van der Waals surface area contributed by atoms with Gasteiger partial charge in [0.2, 0.25) is 0 Å². The van der Waals surface area contributed by atoms with Gasteiger partial charge < -0.3 is 0 Å². The fraction of sp³-hybridized carbons (Fsp3) is 0.429. The number of halogens is 2. The van der Waals surface area contributed by atoms with Crippen molar-refractivity contribution in [1.82, 2.24) is 10.3 Å². The Kier molecular flexibility index (Phi) is 5.83. The highest BCUT2D eigenvalue weighted by molar-refractivity contribution is 6.36. The van der Waals surface area contributed by atoms with E-state index in [-0.39, 0.29) is 5.91 Å². The van der Waals surface area contributed by atoms with E-state index < -0.39 is 0 Å². The minimum Gasteiger partial charge on any atom is -0.294 e. The summed E-state index contributed by atoms with van der Waals surface area (Å²) >= 11 is 11.8. The molecule has 0 unspecified atom stereocenters. The molecular weight excluding hydrogens is 297 g/mol. The van der Waals surface area contributed by atoms with Crippen molar-refractivity contribution in [3.8, 4) is 0 Å². The molecule has 1 heterocycles. The molecule has 0 radical (unpaired) electrons. The van der Waals surface area contributed by atoms with Crippen molar-refractivity contribution in [3.63, 3.8) is 0 Å². The van der Waals surface area contributed by atoms with Gasteiger partial charge in [-0.25, -0.2) is 5.43 Å². The van der Waals surface area contributed by atoms with Gasteiger partial charge in [0.15, 0.2) is 0 Å². The number of hydrogen-bond acceptors (Lipinski definition) is 3. The number of hydrazone groups is 1. The van der Waals surface area contributed by atoms with E-state index in [1.54, 1.807) is 18.2 Å². The third kappa shape index (κ3) is 4.78. The van der Waals surface area contributed by atoms with Crippen LogP contribution in [0.15, 0.2) is 23.3 Å². The summed E-state index contributed by atoms with van der Waals surface area (Å²) in [6.45, 7) is 2.37. The maximum atomic E-state index is 11.7. The van der Waals surface area contributed by atoms with Crippen molar-refractivity contribution in [2.75, 3.05) is 19.6 Å². The highest BCUT2D eigenvalue weighted by atomic mass is 35.5. The van der Waals surface area contributed by atoms with Crippen LogP contribution in [0.5, 0.6) is 0 Å². The minimum atomic E-state index is -0.103. The summed E-state index contributed by atoms with van der Waals surface area (Å²) in [5, 5.41) is 5.00. The van der Waals surface area contributed by atoms with Crippen molar-refractivity contribution in [2.45, 2.75) is 19.3 Å². The van der Waals surface area contributed by atoms with E-state index in [1.807, 2.05) is 0 Å². The number of likely N-dealkylation sites (tertiary alicyclic amines) is 1. The second kappa shape index (κ2) is 7.62. The van der Waals surface area contributed by atoms with Gasteiger partial charge in [-0.1, -0.05) is 35.7 Å². The second-order valence-electron chi connectivity index (χ2n) is 4.80. The molecule has 1 aliphatic rings. The van der Waals surface area contributed by atoms with Crippen LogP contribution in [0.1, 0.15) is 24.8 Å². The largest absolute Gasteiger partial charge is 0.294 e. The van der Waals surface area contributed by atoms with E-state index in [2.05, 4.69) is 15.4 Å². The van der Waals surface area contributed by atoms with Crippen molar-refractivity contribution in [2.24, 2.45) is 5.10 Å². The first-order valence-electron chi connectivity index (χ1n) is 6.64. The smallest absolute Gasteiger partial charge is 0.254 e. The topological polar surface area (TPSA) is 44.7 Å². The molecule has 0 aromatic heterocycles. The zero-order valence-electron chi connectivity index (χ0n) is 11.1. The van der Waals surface area contributed by atoms with Crippen molar-refractivity contribution in [3.05, 3.63) is 33.8 Å². The number of rotatable bonds is 4. The van der Waals surface area contributed by atoms with E-state index in [0.717, 1.165) is 25.9 Å². The molecule has 0 atom stereocenters. The Balaban J connectivity index is 1.81. The minimum absolute atomic E-state index is 0.103. The first kappa shape index (κ1) is 15.3. The van der Waals surface area contributed by atoms with Gasteiger partial charge in [0, 0.05) is 10.6 Å². The van der Waals surface area contributed by atoms with Crippen molar-refractivity contribution in [1.29, 1.82) is 0 Å². The van der Waals surface area contributed by atoms with Crippen molar-refractivity contribution >= 4 is 35.3 Å². The maximum absolute atomic E-state index is 11.7. The molecule has 1 aromatic carbocycles. The van der Waals surface area contributed by atoms with E-state index in [4.69, 9.17) is 23.2 Å². The van der Waals surface area contributed by atoms with Crippen LogP contribution >= 0.6 is 23.2 Å². The van der Waals surface area contributed by atoms with Gasteiger partial charge in [-0.2, -0.15) is 5.10 Å². The number of nitrogens with zero attached hydrogens (tertiary/aromatic N) is 2. The monoisotopic (exact) mass is 313 g/mol. The van der Waals surface area contributed by atoms with Gasteiger partial charge >= 0.3 is 0 Å². The summed E-state index contributed by atoms with van der Waals surface area (Å²) in [6.07, 6.45) is 5.10. The van der Waals surface area contributed by atoms with Crippen molar-refractivity contribution < 1.29 is 4.79 Å². The molecule has 0 spiro atoms. The number of amides is 1. The molecule has 20 heavy (non-hydrogen) atoms. The standard InChI is InChI=1S/C14H17Cl2N3O/c15-12-5-4-11(13(16)8-12)9-17-18-14(20)10-19-6-2-1-3-7-19/h4-5,8-9H,1-3,6-7,10H2,(H,18,20)/b17-9+. The normalized spacial score (nSPS) is 16.5. The van der Waals surface area contributed by atoms with Gasteiger partial charge in [0.05, 0.1) is 17.8 Å². The number of carbonyl (C=O) groups excluding carboxylic acids is 1. The fourth-order valence-corrected chi connectivity index (χ4v) is 2.59. The van der Waals surface area contributed by atoms with E-state index in [1.165, 1.54) is 12.6 Å². The number of nitrogens with one attached hydrogen (secondary N) is 1. The third-order valence-corrected chi connectivity index (χ3v) is 3.73. The molecule has 6 heteroatoms. The lowest BCUT2D eigenvalue weighted by molar-refractivity contribution is -0.122. The summed E-state index contributed by atoms with van der Waals surface area (Å²) in [5.41, 5.74) is 3.23. The number of benzene rings is 1. The van der Waals surface area contributed by atoms with Crippen LogP contribution in [-0.2, 0) is 4.79 Å². The Morgan fingerprint density at radius 2 is 2.05 bits per heavy atom. The molecule has 1 saturated heterocycles. The molecule has 0 bridgehead atoms. The molecular formula is C14H17Cl2N3O. The van der Waals surface area contributed by atoms with Crippen LogP contribution in [0, 0.1) is 0 Å². The molecule has 108 valence electrons. The number of piperidine rings is 1. The Labute approximate surface area is 128 Å². The molecule has 1 aliphatic heterocycles. The Hall–Kier alpha value is -1.10. The van der Waals surface area contributed by atoms with E-state index in [0.29, 0.717) is 22.2 Å². The summed E-state index contributed by atoms with van der Waals surface area (Å²) < 4.78 is 0. The second-order valence-corrected chi connectivity index (χ2v) is 5.64. The molecule has 1 aromatic rings. The van der Waals surface area contributed by atoms with Gasteiger partial charge in [-0.15, -0.1) is 0 Å². The Bertz CT molecular complexity index is 499. The summed E-state index contributed by atoms with van der Waals surface area (Å²) in [5.74, 6) is -0.103. The summed E-state index contributed by atoms with van der Waals surface area (Å²) in [4.78, 5) is 13.9. The Morgan fingerprint density at radius 3 is 2.75 bits per heavy atom. The van der Waals surface area contributed by atoms with Gasteiger partial charge in [-0.3, -0.25) is 9.69 Å². The molecule has 2 rings (SSSR count). The quantitative estimate of drug-likeness (QED) is 0.686. The lowest BCUT2D eigenvalue weighted by Crippen LogP contribution is -2.38. The van der Waals surface area contributed by atoms with Crippen LogP contribution in [0.4, 0.5) is 0 Å². The average molecular weight is 314 g/mol. The summed E-state index contributed by atoms with van der Waals surface area (Å²) in [6, 6.07) is 5.12. The first-order valence-corrected chi connectivity index (χ1v) is 7.40. The van der Waals surface area contributed by atoms with E-state index >= 15 is 0 Å². The predicted molar refractivity (Wildman–Crippen MR) is 82.5 cm³/mol. The maximum Gasteiger partial charge on any atom is 0.254 e. The molecule has 1 amide bonds. The predicted octanol–water partition coefficient (Wildman–Crippen LogP) is 2.93. The van der Waals surface area contributed by atoms with Gasteiger partial charge in [-0.05, 0) is 38.1 Å². The molecule has 1 fully saturated rings. The number of hydrogen-bond donors (Lipinski definition) is 1. The zero-order valence-corrected chi connectivity index (χ0v) is 12.6. The zero-order chi connectivity index (χ0) is 14.4. The highest BCUT2D eigenvalue weighted by Gasteiger charge is 2.13. The lowest BCUT2D eigenvalue weighted by Gasteiger charge is -2.25. The third-order valence-electron chi connectivity index (χ3n) is 3.17. The molecule has 1 N–H and O–H groups in total. The van der Waals surface area contributed by atoms with Crippen LogP contribution in [0.2, 0.25) is 10.0 Å². The van der Waals surface area contributed by atoms with Gasteiger partial charge in [0.1, 0.15) is 0 Å². The SMILES string of the molecule is O=C(CN1CCCCC1)N/N=C/c1ccc(Cl)cc1Cl. The van der Waals surface area contributed by atoms with Gasteiger partial charge in [0.25, 0.3) is 5.91 Å². The van der Waals surface area contributed by atoms with Crippen LogP contribution in [0.3, 0.4) is 0 Å². The first-order chi connectivity index (χ1) is 9.65. The van der Waals surface area contributed by atoms with Crippen LogP contribution in [-0.4, -0.2) is 36.7 Å². The number of carbonyl (C=O) groups is 1. The van der Waals surface area contributed by atoms with E-state index in [9.17, 15) is 4.79 Å². The lowest BCUT2D eigenvalue weighted by atomic mass is 10.1. The molecule has 4 nitrogen and oxygen atoms in total. The molecule has 0 saturated carbocycles. The fourth-order valence-electron chi connectivity index (χ4n) is 2.14.